The van der Waals surface area contributed by atoms with Crippen LogP contribution in [0.15, 0.2) is 36.1 Å². The fourth-order valence-electron chi connectivity index (χ4n) is 3.25. The highest BCUT2D eigenvalue weighted by molar-refractivity contribution is 5.21. The summed E-state index contributed by atoms with van der Waals surface area (Å²) in [4.78, 5) is 2.33. The van der Waals surface area contributed by atoms with Gasteiger partial charge in [0.05, 0.1) is 13.2 Å². The third-order valence-corrected chi connectivity index (χ3v) is 4.98. The Morgan fingerprint density at radius 1 is 1.48 bits per heavy atom. The van der Waals surface area contributed by atoms with E-state index < -0.39 is 11.2 Å². The Morgan fingerprint density at radius 2 is 2.14 bits per heavy atom. The molecule has 0 bridgehead atoms. The maximum absolute atomic E-state index is 14.4. The van der Waals surface area contributed by atoms with Gasteiger partial charge in [-0.15, -0.1) is 0 Å². The summed E-state index contributed by atoms with van der Waals surface area (Å²) in [6.07, 6.45) is 5.50. The third kappa shape index (κ3) is 3.54. The molecule has 2 unspecified atom stereocenters. The van der Waals surface area contributed by atoms with Crippen LogP contribution < -0.4 is 0 Å². The molecule has 0 aromatic heterocycles. The molecule has 1 aliphatic heterocycles. The SMILES string of the molecule is C=C(F)C=C(F)C(C)(CC)C1CC=C(N2CCOCC2)C1. The molecule has 2 atom stereocenters. The van der Waals surface area contributed by atoms with E-state index in [1.807, 2.05) is 13.8 Å². The van der Waals surface area contributed by atoms with E-state index >= 15 is 0 Å². The highest BCUT2D eigenvalue weighted by atomic mass is 19.1. The number of nitrogens with zero attached hydrogens (tertiary/aromatic N) is 1. The van der Waals surface area contributed by atoms with E-state index in [0.29, 0.717) is 6.42 Å². The summed E-state index contributed by atoms with van der Waals surface area (Å²) in [5.41, 5.74) is 0.661. The van der Waals surface area contributed by atoms with Crippen LogP contribution in [0.4, 0.5) is 8.78 Å². The van der Waals surface area contributed by atoms with Crippen LogP contribution in [0.25, 0.3) is 0 Å². The van der Waals surface area contributed by atoms with Gasteiger partial charge in [-0.3, -0.25) is 0 Å². The van der Waals surface area contributed by atoms with E-state index in [-0.39, 0.29) is 11.7 Å². The van der Waals surface area contributed by atoms with E-state index in [4.69, 9.17) is 4.74 Å². The number of morpholine rings is 1. The average molecular weight is 297 g/mol. The smallest absolute Gasteiger partial charge is 0.118 e. The van der Waals surface area contributed by atoms with Crippen molar-refractivity contribution in [3.05, 3.63) is 36.1 Å². The number of rotatable bonds is 5. The van der Waals surface area contributed by atoms with Gasteiger partial charge in [0.1, 0.15) is 11.7 Å². The first-order chi connectivity index (χ1) is 9.97. The van der Waals surface area contributed by atoms with E-state index in [2.05, 4.69) is 17.6 Å². The third-order valence-electron chi connectivity index (χ3n) is 4.98. The lowest BCUT2D eigenvalue weighted by Gasteiger charge is -2.35. The molecule has 0 saturated carbocycles. The first-order valence-corrected chi connectivity index (χ1v) is 7.71. The molecule has 1 aliphatic carbocycles. The summed E-state index contributed by atoms with van der Waals surface area (Å²) in [6, 6.07) is 0. The van der Waals surface area contributed by atoms with Crippen LogP contribution in [-0.4, -0.2) is 31.2 Å². The van der Waals surface area contributed by atoms with E-state index in [9.17, 15) is 8.78 Å². The van der Waals surface area contributed by atoms with Gasteiger partial charge in [0, 0.05) is 30.3 Å². The Morgan fingerprint density at radius 3 is 2.71 bits per heavy atom. The molecule has 118 valence electrons. The minimum absolute atomic E-state index is 0.177. The topological polar surface area (TPSA) is 12.5 Å². The highest BCUT2D eigenvalue weighted by Gasteiger charge is 2.39. The van der Waals surface area contributed by atoms with Gasteiger partial charge in [-0.05, 0) is 25.2 Å². The van der Waals surface area contributed by atoms with Gasteiger partial charge in [0.15, 0.2) is 0 Å². The Bertz CT molecular complexity index is 452. The second kappa shape index (κ2) is 6.73. The van der Waals surface area contributed by atoms with Crippen molar-refractivity contribution in [3.63, 3.8) is 0 Å². The zero-order valence-electron chi connectivity index (χ0n) is 13.0. The zero-order chi connectivity index (χ0) is 15.5. The number of halogens is 2. The quantitative estimate of drug-likeness (QED) is 0.699. The van der Waals surface area contributed by atoms with E-state index in [1.54, 1.807) is 0 Å². The van der Waals surface area contributed by atoms with Crippen molar-refractivity contribution in [3.8, 4) is 0 Å². The number of ether oxygens (including phenoxy) is 1. The summed E-state index contributed by atoms with van der Waals surface area (Å²) in [5, 5.41) is 0. The van der Waals surface area contributed by atoms with Crippen LogP contribution in [0.5, 0.6) is 0 Å². The van der Waals surface area contributed by atoms with E-state index in [1.165, 1.54) is 5.70 Å². The normalized spacial score (nSPS) is 26.5. The van der Waals surface area contributed by atoms with Crippen LogP contribution in [0.1, 0.15) is 33.1 Å². The summed E-state index contributed by atoms with van der Waals surface area (Å²) < 4.78 is 32.7. The summed E-state index contributed by atoms with van der Waals surface area (Å²) in [6.45, 7) is 10.3. The highest BCUT2D eigenvalue weighted by Crippen LogP contribution is 2.48. The van der Waals surface area contributed by atoms with Gasteiger partial charge in [-0.2, -0.15) is 0 Å². The second-order valence-electron chi connectivity index (χ2n) is 6.14. The predicted octanol–water partition coefficient (Wildman–Crippen LogP) is 4.37. The van der Waals surface area contributed by atoms with Crippen LogP contribution in [0, 0.1) is 11.3 Å². The largest absolute Gasteiger partial charge is 0.378 e. The fraction of sp³-hybridized carbons (Fsp3) is 0.647. The Kier molecular flexibility index (Phi) is 5.20. The number of hydrogen-bond donors (Lipinski definition) is 0. The molecule has 1 fully saturated rings. The standard InChI is InChI=1S/C17H25F2NO/c1-4-17(3,16(19)11-13(2)18)14-5-6-15(12-14)20-7-9-21-10-8-20/h6,11,14H,2,4-5,7-10,12H2,1,3H3. The average Bonchev–Trinajstić information content (AvgIpc) is 2.97. The molecular weight excluding hydrogens is 272 g/mol. The van der Waals surface area contributed by atoms with Crippen molar-refractivity contribution in [2.45, 2.75) is 33.1 Å². The number of hydrogen-bond acceptors (Lipinski definition) is 2. The van der Waals surface area contributed by atoms with Crippen LogP contribution in [0.3, 0.4) is 0 Å². The van der Waals surface area contributed by atoms with Gasteiger partial charge in [-0.1, -0.05) is 26.5 Å². The molecule has 2 nitrogen and oxygen atoms in total. The van der Waals surface area contributed by atoms with Crippen molar-refractivity contribution in [1.82, 2.24) is 4.90 Å². The molecule has 0 radical (unpaired) electrons. The maximum Gasteiger partial charge on any atom is 0.118 e. The molecule has 2 rings (SSSR count). The first kappa shape index (κ1) is 16.2. The van der Waals surface area contributed by atoms with Gasteiger partial charge >= 0.3 is 0 Å². The van der Waals surface area contributed by atoms with Crippen molar-refractivity contribution in [1.29, 1.82) is 0 Å². The summed E-state index contributed by atoms with van der Waals surface area (Å²) in [7, 11) is 0. The molecule has 0 amide bonds. The lowest BCUT2D eigenvalue weighted by molar-refractivity contribution is 0.0506. The molecule has 1 heterocycles. The molecule has 4 heteroatoms. The maximum atomic E-state index is 14.4. The molecule has 21 heavy (non-hydrogen) atoms. The summed E-state index contributed by atoms with van der Waals surface area (Å²) >= 11 is 0. The predicted molar refractivity (Wildman–Crippen MR) is 81.0 cm³/mol. The molecular formula is C17H25F2NO. The minimum atomic E-state index is -0.716. The van der Waals surface area contributed by atoms with Crippen LogP contribution >= 0.6 is 0 Å². The molecule has 1 saturated heterocycles. The van der Waals surface area contributed by atoms with Crippen molar-refractivity contribution >= 4 is 0 Å². The lowest BCUT2D eigenvalue weighted by Crippen LogP contribution is -2.36. The lowest BCUT2D eigenvalue weighted by atomic mass is 9.72. The van der Waals surface area contributed by atoms with Crippen LogP contribution in [-0.2, 0) is 4.74 Å². The Labute approximate surface area is 126 Å². The number of allylic oxidation sites excluding steroid dienone is 5. The van der Waals surface area contributed by atoms with Gasteiger partial charge in [0.25, 0.3) is 0 Å². The second-order valence-corrected chi connectivity index (χ2v) is 6.14. The molecule has 0 aromatic carbocycles. The molecule has 2 aliphatic rings. The molecule has 0 spiro atoms. The first-order valence-electron chi connectivity index (χ1n) is 7.71. The fourth-order valence-corrected chi connectivity index (χ4v) is 3.25. The Balaban J connectivity index is 2.07. The van der Waals surface area contributed by atoms with Crippen molar-refractivity contribution < 1.29 is 13.5 Å². The van der Waals surface area contributed by atoms with Crippen LogP contribution in [0.2, 0.25) is 0 Å². The monoisotopic (exact) mass is 297 g/mol. The van der Waals surface area contributed by atoms with Gasteiger partial charge in [0.2, 0.25) is 0 Å². The molecule has 0 N–H and O–H groups in total. The molecule has 0 aromatic rings. The van der Waals surface area contributed by atoms with Crippen molar-refractivity contribution in [2.75, 3.05) is 26.3 Å². The van der Waals surface area contributed by atoms with Gasteiger partial charge < -0.3 is 9.64 Å². The zero-order valence-corrected chi connectivity index (χ0v) is 13.0. The Hall–Kier alpha value is -1.16. The van der Waals surface area contributed by atoms with Gasteiger partial charge in [-0.25, -0.2) is 8.78 Å². The van der Waals surface area contributed by atoms with Crippen molar-refractivity contribution in [2.24, 2.45) is 11.3 Å². The van der Waals surface area contributed by atoms with E-state index in [0.717, 1.165) is 45.2 Å². The summed E-state index contributed by atoms with van der Waals surface area (Å²) in [5.74, 6) is -0.929. The minimum Gasteiger partial charge on any atom is -0.378 e.